The van der Waals surface area contributed by atoms with Crippen LogP contribution >= 0.6 is 0 Å². The lowest BCUT2D eigenvalue weighted by Gasteiger charge is -2.38. The van der Waals surface area contributed by atoms with Gasteiger partial charge in [0.05, 0.1) is 43.1 Å². The molecule has 0 unspecified atom stereocenters. The summed E-state index contributed by atoms with van der Waals surface area (Å²) < 4.78 is 50.4. The fraction of sp³-hybridized carbons (Fsp3) is 0.344. The van der Waals surface area contributed by atoms with E-state index in [9.17, 15) is 32.7 Å². The molecule has 4 rings (SSSR count). The molecule has 1 aliphatic heterocycles. The van der Waals surface area contributed by atoms with E-state index in [1.54, 1.807) is 49.4 Å². The van der Waals surface area contributed by atoms with E-state index in [1.165, 1.54) is 24.0 Å². The van der Waals surface area contributed by atoms with Crippen LogP contribution in [0.15, 0.2) is 66.7 Å². The molecule has 246 valence electrons. The van der Waals surface area contributed by atoms with Crippen LogP contribution in [0, 0.1) is 5.92 Å². The summed E-state index contributed by atoms with van der Waals surface area (Å²) in [4.78, 5) is 42.5. The van der Waals surface area contributed by atoms with Crippen molar-refractivity contribution in [3.8, 4) is 11.5 Å². The minimum Gasteiger partial charge on any atom is -0.497 e. The third-order valence-corrected chi connectivity index (χ3v) is 7.55. The summed E-state index contributed by atoms with van der Waals surface area (Å²) in [5.74, 6) is -0.0779. The van der Waals surface area contributed by atoms with Crippen molar-refractivity contribution in [1.29, 1.82) is 0 Å². The second kappa shape index (κ2) is 14.4. The topological polar surface area (TPSA) is 132 Å². The number of hydrogen-bond donors (Lipinski definition) is 4. The van der Waals surface area contributed by atoms with E-state index in [0.29, 0.717) is 11.4 Å². The number of para-hydroxylation sites is 1. The molecule has 0 radical (unpaired) electrons. The largest absolute Gasteiger partial charge is 0.497 e. The quantitative estimate of drug-likeness (QED) is 0.248. The molecule has 1 aliphatic rings. The summed E-state index contributed by atoms with van der Waals surface area (Å²) in [5.41, 5.74) is 0.169. The summed E-state index contributed by atoms with van der Waals surface area (Å²) >= 11 is 0. The monoisotopic (exact) mass is 643 g/mol. The lowest BCUT2D eigenvalue weighted by Crippen LogP contribution is -2.50. The molecule has 14 heteroatoms. The first-order chi connectivity index (χ1) is 21.8. The van der Waals surface area contributed by atoms with E-state index in [2.05, 4.69) is 16.0 Å². The molecule has 0 saturated carbocycles. The van der Waals surface area contributed by atoms with Crippen LogP contribution in [0.5, 0.6) is 11.5 Å². The zero-order valence-corrected chi connectivity index (χ0v) is 25.7. The number of hydrogen-bond acceptors (Lipinski definition) is 6. The second-order valence-electron chi connectivity index (χ2n) is 11.0. The molecule has 0 aromatic heterocycles. The number of aliphatic hydroxyl groups excluding tert-OH is 1. The zero-order chi connectivity index (χ0) is 33.6. The number of nitrogens with one attached hydrogen (secondary N) is 3. The van der Waals surface area contributed by atoms with Gasteiger partial charge in [-0.05, 0) is 67.6 Å². The molecule has 5 amide bonds. The average molecular weight is 644 g/mol. The number of ether oxygens (including phenoxy) is 2. The normalized spacial score (nSPS) is 17.0. The average Bonchev–Trinajstić information content (AvgIpc) is 3.02. The highest BCUT2D eigenvalue weighted by Crippen LogP contribution is 2.35. The Morgan fingerprint density at radius 2 is 1.67 bits per heavy atom. The van der Waals surface area contributed by atoms with E-state index < -0.39 is 41.9 Å². The number of alkyl halides is 3. The minimum absolute atomic E-state index is 0.00892. The number of likely N-dealkylation sites (N-methyl/N-ethyl adjacent to an activating group) is 1. The van der Waals surface area contributed by atoms with Gasteiger partial charge in [0.1, 0.15) is 11.9 Å². The van der Waals surface area contributed by atoms with Crippen molar-refractivity contribution < 1.29 is 42.1 Å². The Morgan fingerprint density at radius 3 is 2.28 bits per heavy atom. The third-order valence-electron chi connectivity index (χ3n) is 7.55. The Hall–Kier alpha value is -4.98. The smallest absolute Gasteiger partial charge is 0.416 e. The second-order valence-corrected chi connectivity index (χ2v) is 11.0. The first kappa shape index (κ1) is 33.9. The third kappa shape index (κ3) is 8.18. The number of anilines is 3. The van der Waals surface area contributed by atoms with Crippen molar-refractivity contribution in [2.75, 3.05) is 49.8 Å². The van der Waals surface area contributed by atoms with E-state index in [0.717, 1.165) is 24.3 Å². The molecule has 3 aromatic rings. The highest BCUT2D eigenvalue weighted by molar-refractivity contribution is 6.04. The fourth-order valence-electron chi connectivity index (χ4n) is 4.83. The van der Waals surface area contributed by atoms with Gasteiger partial charge in [-0.1, -0.05) is 13.0 Å². The molecule has 0 aliphatic carbocycles. The van der Waals surface area contributed by atoms with Gasteiger partial charge in [0.15, 0.2) is 5.75 Å². The van der Waals surface area contributed by atoms with Gasteiger partial charge in [0.2, 0.25) is 0 Å². The number of methoxy groups -OCH3 is 1. The van der Waals surface area contributed by atoms with Crippen LogP contribution in [0.1, 0.15) is 29.8 Å². The molecule has 4 N–H and O–H groups in total. The molecule has 0 saturated heterocycles. The van der Waals surface area contributed by atoms with Gasteiger partial charge in [0.25, 0.3) is 5.91 Å². The van der Waals surface area contributed by atoms with Crippen LogP contribution < -0.4 is 25.4 Å². The van der Waals surface area contributed by atoms with Gasteiger partial charge in [-0.2, -0.15) is 13.2 Å². The van der Waals surface area contributed by atoms with Crippen LogP contribution in [0.4, 0.5) is 39.8 Å². The predicted molar refractivity (Wildman–Crippen MR) is 166 cm³/mol. The maximum absolute atomic E-state index is 13.7. The minimum atomic E-state index is -4.51. The van der Waals surface area contributed by atoms with Crippen LogP contribution in [0.2, 0.25) is 0 Å². The zero-order valence-electron chi connectivity index (χ0n) is 25.7. The molecule has 0 bridgehead atoms. The Bertz CT molecular complexity index is 1530. The van der Waals surface area contributed by atoms with Crippen molar-refractivity contribution in [2.24, 2.45) is 5.92 Å². The van der Waals surface area contributed by atoms with Crippen molar-refractivity contribution in [1.82, 2.24) is 9.80 Å². The highest BCUT2D eigenvalue weighted by Gasteiger charge is 2.35. The van der Waals surface area contributed by atoms with Crippen LogP contribution in [-0.2, 0) is 6.18 Å². The summed E-state index contributed by atoms with van der Waals surface area (Å²) in [6.45, 7) is 3.43. The fourth-order valence-corrected chi connectivity index (χ4v) is 4.83. The lowest BCUT2D eigenvalue weighted by atomic mass is 9.99. The van der Waals surface area contributed by atoms with Gasteiger partial charge in [-0.25, -0.2) is 9.59 Å². The molecule has 1 heterocycles. The molecule has 3 aromatic carbocycles. The molecule has 0 spiro atoms. The molecule has 11 nitrogen and oxygen atoms in total. The first-order valence-electron chi connectivity index (χ1n) is 14.4. The number of urea groups is 2. The number of amides is 5. The number of halogens is 3. The van der Waals surface area contributed by atoms with Crippen LogP contribution in [0.3, 0.4) is 0 Å². The first-order valence-corrected chi connectivity index (χ1v) is 14.4. The number of nitrogens with zero attached hydrogens (tertiary/aromatic N) is 2. The standard InChI is InChI=1S/C32H36F3N5O6/c1-19-16-40(20(2)18-41)29(42)25-6-5-7-26(38-30(43)36-22-12-14-24(45-4)15-13-22)28(25)46-27(19)17-39(3)31(44)37-23-10-8-21(9-11-23)32(33,34)35/h5-15,19-20,27,41H,16-18H2,1-4H3,(H,37,44)(H2,36,38,43)/t19-,20-,27-/m0/s1. The van der Waals surface area contributed by atoms with Gasteiger partial charge in [-0.15, -0.1) is 0 Å². The van der Waals surface area contributed by atoms with E-state index in [-0.39, 0.29) is 48.3 Å². The molecular formula is C32H36F3N5O6. The molecule has 0 fully saturated rings. The summed E-state index contributed by atoms with van der Waals surface area (Å²) in [6, 6.07) is 13.7. The maximum atomic E-state index is 13.7. The number of carbonyl (C=O) groups is 3. The maximum Gasteiger partial charge on any atom is 0.416 e. The summed E-state index contributed by atoms with van der Waals surface area (Å²) in [7, 11) is 3.03. The SMILES string of the molecule is COc1ccc(NC(=O)Nc2cccc3c2O[C@@H](CN(C)C(=O)Nc2ccc(C(F)(F)F)cc2)[C@@H](C)CN([C@@H](C)CO)C3=O)cc1. The molecule has 3 atom stereocenters. The van der Waals surface area contributed by atoms with Gasteiger partial charge in [0, 0.05) is 30.9 Å². The van der Waals surface area contributed by atoms with Crippen molar-refractivity contribution >= 4 is 35.0 Å². The Morgan fingerprint density at radius 1 is 1.04 bits per heavy atom. The van der Waals surface area contributed by atoms with Crippen LogP contribution in [0.25, 0.3) is 0 Å². The van der Waals surface area contributed by atoms with E-state index in [4.69, 9.17) is 9.47 Å². The van der Waals surface area contributed by atoms with Crippen molar-refractivity contribution in [2.45, 2.75) is 32.2 Å². The van der Waals surface area contributed by atoms with E-state index in [1.807, 2.05) is 6.92 Å². The number of fused-ring (bicyclic) bond motifs is 1. The molecule has 46 heavy (non-hydrogen) atoms. The number of rotatable bonds is 8. The number of benzene rings is 3. The van der Waals surface area contributed by atoms with Crippen molar-refractivity contribution in [3.05, 3.63) is 77.9 Å². The van der Waals surface area contributed by atoms with Crippen molar-refractivity contribution in [3.63, 3.8) is 0 Å². The predicted octanol–water partition coefficient (Wildman–Crippen LogP) is 5.74. The Labute approximate surface area is 264 Å². The number of aliphatic hydroxyl groups is 1. The Kier molecular flexibility index (Phi) is 10.6. The summed E-state index contributed by atoms with van der Waals surface area (Å²) in [5, 5.41) is 17.9. The lowest BCUT2D eigenvalue weighted by molar-refractivity contribution is -0.137. The van der Waals surface area contributed by atoms with E-state index >= 15 is 0 Å². The number of carbonyl (C=O) groups excluding carboxylic acids is 3. The van der Waals surface area contributed by atoms with Gasteiger partial charge >= 0.3 is 18.2 Å². The summed E-state index contributed by atoms with van der Waals surface area (Å²) in [6.07, 6.45) is -5.22. The van der Waals surface area contributed by atoms with Crippen LogP contribution in [-0.4, -0.2) is 78.9 Å². The van der Waals surface area contributed by atoms with Gasteiger partial charge < -0.3 is 40.3 Å². The van der Waals surface area contributed by atoms with Gasteiger partial charge in [-0.3, -0.25) is 4.79 Å². The molecular weight excluding hydrogens is 607 g/mol. The Balaban J connectivity index is 1.58. The highest BCUT2D eigenvalue weighted by atomic mass is 19.4.